The Morgan fingerprint density at radius 1 is 1.21 bits per heavy atom. The van der Waals surface area contributed by atoms with Crippen molar-refractivity contribution in [1.29, 1.82) is 0 Å². The van der Waals surface area contributed by atoms with Crippen LogP contribution in [0.15, 0.2) is 6.20 Å². The first kappa shape index (κ1) is 16.1. The average molecular weight is 334 g/mol. The van der Waals surface area contributed by atoms with E-state index < -0.39 is 0 Å². The van der Waals surface area contributed by atoms with Gasteiger partial charge in [0, 0.05) is 62.4 Å². The molecule has 2 saturated heterocycles. The summed E-state index contributed by atoms with van der Waals surface area (Å²) in [4.78, 5) is 16.5. The second-order valence-electron chi connectivity index (χ2n) is 7.57. The lowest BCUT2D eigenvalue weighted by atomic mass is 10.0. The van der Waals surface area contributed by atoms with Crippen LogP contribution in [-0.4, -0.2) is 57.8 Å². The van der Waals surface area contributed by atoms with E-state index in [9.17, 15) is 9.18 Å². The van der Waals surface area contributed by atoms with Crippen LogP contribution in [0.1, 0.15) is 43.4 Å². The molecule has 3 aliphatic heterocycles. The molecule has 0 saturated carbocycles. The van der Waals surface area contributed by atoms with E-state index in [2.05, 4.69) is 14.7 Å². The predicted octanol–water partition coefficient (Wildman–Crippen LogP) is 2.00. The Morgan fingerprint density at radius 2 is 2.04 bits per heavy atom. The van der Waals surface area contributed by atoms with Crippen molar-refractivity contribution < 1.29 is 9.18 Å². The number of aromatic nitrogens is 2. The van der Waals surface area contributed by atoms with Gasteiger partial charge >= 0.3 is 0 Å². The molecule has 1 amide bonds. The third kappa shape index (κ3) is 3.08. The summed E-state index contributed by atoms with van der Waals surface area (Å²) in [6.07, 6.45) is 8.12. The molecule has 0 spiro atoms. The molecule has 0 aliphatic carbocycles. The van der Waals surface area contributed by atoms with Gasteiger partial charge in [0.2, 0.25) is 5.91 Å². The van der Waals surface area contributed by atoms with Crippen molar-refractivity contribution in [2.24, 2.45) is 5.92 Å². The molecule has 5 nitrogen and oxygen atoms in total. The second kappa shape index (κ2) is 6.82. The van der Waals surface area contributed by atoms with Crippen molar-refractivity contribution in [3.8, 4) is 0 Å². The van der Waals surface area contributed by atoms with Gasteiger partial charge in [-0.3, -0.25) is 18.8 Å². The number of likely N-dealkylation sites (tertiary alicyclic amines) is 2. The van der Waals surface area contributed by atoms with Crippen LogP contribution >= 0.6 is 0 Å². The van der Waals surface area contributed by atoms with Crippen molar-refractivity contribution in [1.82, 2.24) is 19.6 Å². The van der Waals surface area contributed by atoms with Crippen LogP contribution in [0.25, 0.3) is 0 Å². The Hall–Kier alpha value is -1.43. The molecule has 132 valence electrons. The number of carbonyl (C=O) groups is 1. The molecule has 2 fully saturated rings. The highest BCUT2D eigenvalue weighted by Crippen LogP contribution is 2.27. The number of hydrogen-bond donors (Lipinski definition) is 0. The zero-order valence-electron chi connectivity index (χ0n) is 14.3. The molecule has 1 aromatic rings. The lowest BCUT2D eigenvalue weighted by Crippen LogP contribution is -2.45. The molecule has 0 aromatic carbocycles. The van der Waals surface area contributed by atoms with Crippen LogP contribution in [0.4, 0.5) is 4.39 Å². The van der Waals surface area contributed by atoms with Crippen molar-refractivity contribution >= 4 is 5.91 Å². The summed E-state index contributed by atoms with van der Waals surface area (Å²) in [6.45, 7) is 4.32. The Bertz CT molecular complexity index is 594. The lowest BCUT2D eigenvalue weighted by Gasteiger charge is -2.37. The summed E-state index contributed by atoms with van der Waals surface area (Å²) in [6, 6.07) is 0.311. The van der Waals surface area contributed by atoms with Crippen molar-refractivity contribution in [2.75, 3.05) is 26.3 Å². The minimum atomic E-state index is -0.367. The Labute approximate surface area is 142 Å². The van der Waals surface area contributed by atoms with Crippen molar-refractivity contribution in [2.45, 2.75) is 57.7 Å². The molecule has 1 unspecified atom stereocenters. The third-order valence-corrected chi connectivity index (χ3v) is 5.92. The minimum absolute atomic E-state index is 0.0746. The highest BCUT2D eigenvalue weighted by Gasteiger charge is 2.35. The van der Waals surface area contributed by atoms with E-state index >= 15 is 0 Å². The first-order valence-corrected chi connectivity index (χ1v) is 9.36. The zero-order chi connectivity index (χ0) is 16.5. The normalized spacial score (nSPS) is 26.1. The predicted molar refractivity (Wildman–Crippen MR) is 89.3 cm³/mol. The van der Waals surface area contributed by atoms with E-state index in [0.717, 1.165) is 45.4 Å². The fraction of sp³-hybridized carbons (Fsp3) is 0.778. The van der Waals surface area contributed by atoms with Crippen molar-refractivity contribution in [3.63, 3.8) is 0 Å². The highest BCUT2D eigenvalue weighted by molar-refractivity contribution is 5.79. The van der Waals surface area contributed by atoms with Gasteiger partial charge in [0.1, 0.15) is 0 Å². The van der Waals surface area contributed by atoms with E-state index in [1.54, 1.807) is 0 Å². The first-order chi connectivity index (χ1) is 11.7. The number of carbonyl (C=O) groups excluding carboxylic acids is 1. The van der Waals surface area contributed by atoms with Gasteiger partial charge < -0.3 is 4.90 Å². The van der Waals surface area contributed by atoms with Gasteiger partial charge in [-0.25, -0.2) is 0 Å². The number of fused-ring (bicyclic) bond motifs is 1. The molecule has 1 aromatic heterocycles. The maximum atomic E-state index is 12.8. The number of aryl methyl sites for hydroxylation is 1. The molecule has 1 atom stereocenters. The van der Waals surface area contributed by atoms with E-state index in [0.29, 0.717) is 19.0 Å². The maximum Gasteiger partial charge on any atom is 0.223 e. The minimum Gasteiger partial charge on any atom is -0.339 e. The van der Waals surface area contributed by atoms with Crippen LogP contribution in [0.2, 0.25) is 0 Å². The Kier molecular flexibility index (Phi) is 4.57. The summed E-state index contributed by atoms with van der Waals surface area (Å²) in [5.41, 5.74) is 2.80. The maximum absolute atomic E-state index is 12.8. The van der Waals surface area contributed by atoms with Gasteiger partial charge in [0.25, 0.3) is 0 Å². The van der Waals surface area contributed by atoms with Gasteiger partial charge in [-0.05, 0) is 32.1 Å². The first-order valence-electron chi connectivity index (χ1n) is 9.36. The number of nitrogens with zero attached hydrogens (tertiary/aromatic N) is 4. The van der Waals surface area contributed by atoms with Gasteiger partial charge in [-0.1, -0.05) is 0 Å². The van der Waals surface area contributed by atoms with Crippen LogP contribution in [0.5, 0.6) is 0 Å². The molecule has 4 heterocycles. The van der Waals surface area contributed by atoms with E-state index in [4.69, 9.17) is 0 Å². The molecule has 0 bridgehead atoms. The fourth-order valence-electron chi connectivity index (χ4n) is 4.51. The molecular formula is C18H27FN4O. The van der Waals surface area contributed by atoms with Gasteiger partial charge in [0.05, 0.1) is 12.9 Å². The highest BCUT2D eigenvalue weighted by atomic mass is 19.1. The molecule has 3 aliphatic rings. The molecule has 0 radical (unpaired) electrons. The van der Waals surface area contributed by atoms with Crippen molar-refractivity contribution in [3.05, 3.63) is 17.5 Å². The van der Waals surface area contributed by atoms with E-state index in [1.807, 2.05) is 11.1 Å². The number of piperidine rings is 1. The van der Waals surface area contributed by atoms with Crippen LogP contribution in [0.3, 0.4) is 0 Å². The Morgan fingerprint density at radius 3 is 2.79 bits per heavy atom. The Balaban J connectivity index is 1.32. The summed E-state index contributed by atoms with van der Waals surface area (Å²) in [5, 5.41) is 4.53. The molecular weight excluding hydrogens is 307 g/mol. The summed E-state index contributed by atoms with van der Waals surface area (Å²) in [5.74, 6) is 0.0799. The molecule has 0 N–H and O–H groups in total. The summed E-state index contributed by atoms with van der Waals surface area (Å²) in [7, 11) is 0. The summed E-state index contributed by atoms with van der Waals surface area (Å²) >= 11 is 0. The summed E-state index contributed by atoms with van der Waals surface area (Å²) < 4.78 is 15.0. The number of amides is 1. The number of hydrogen-bond acceptors (Lipinski definition) is 3. The lowest BCUT2D eigenvalue weighted by molar-refractivity contribution is -0.130. The third-order valence-electron chi connectivity index (χ3n) is 5.92. The molecule has 4 rings (SSSR count). The van der Waals surface area contributed by atoms with E-state index in [-0.39, 0.29) is 18.5 Å². The zero-order valence-corrected chi connectivity index (χ0v) is 14.3. The van der Waals surface area contributed by atoms with Gasteiger partial charge in [-0.15, -0.1) is 0 Å². The SMILES string of the molecule is O=C1CC(CF)CN1C1CCN(Cc2cnn3c2CCCC3)CC1. The van der Waals surface area contributed by atoms with Gasteiger partial charge in [0.15, 0.2) is 0 Å². The standard InChI is InChI=1S/C18H27FN4O/c19-10-14-9-18(24)22(12-14)16-4-7-21(8-5-16)13-15-11-20-23-6-2-1-3-17(15)23/h11,14,16H,1-10,12-13H2. The monoisotopic (exact) mass is 334 g/mol. The number of halogens is 1. The average Bonchev–Trinajstić information content (AvgIpc) is 3.19. The van der Waals surface area contributed by atoms with Crippen LogP contribution in [-0.2, 0) is 24.3 Å². The van der Waals surface area contributed by atoms with Crippen LogP contribution < -0.4 is 0 Å². The fourth-order valence-corrected chi connectivity index (χ4v) is 4.51. The number of alkyl halides is 1. The van der Waals surface area contributed by atoms with Crippen LogP contribution in [0, 0.1) is 5.92 Å². The molecule has 6 heteroatoms. The van der Waals surface area contributed by atoms with Gasteiger partial charge in [-0.2, -0.15) is 5.10 Å². The second-order valence-corrected chi connectivity index (χ2v) is 7.57. The number of rotatable bonds is 4. The van der Waals surface area contributed by atoms with E-state index in [1.165, 1.54) is 24.1 Å². The topological polar surface area (TPSA) is 41.4 Å². The quantitative estimate of drug-likeness (QED) is 0.846. The smallest absolute Gasteiger partial charge is 0.223 e. The molecule has 24 heavy (non-hydrogen) atoms. The largest absolute Gasteiger partial charge is 0.339 e.